The average molecular weight is 425 g/mol. The van der Waals surface area contributed by atoms with Gasteiger partial charge in [0, 0.05) is 23.5 Å². The fraction of sp³-hybridized carbons (Fsp3) is 0.292. The van der Waals surface area contributed by atoms with E-state index in [1.54, 1.807) is 24.4 Å². The van der Waals surface area contributed by atoms with E-state index in [9.17, 15) is 18.0 Å². The van der Waals surface area contributed by atoms with Crippen LogP contribution in [0, 0.1) is 6.92 Å². The first kappa shape index (κ1) is 21.0. The number of primary amides is 1. The summed E-state index contributed by atoms with van der Waals surface area (Å²) in [6.07, 6.45) is -0.398. The first-order valence-corrected chi connectivity index (χ1v) is 9.96. The Morgan fingerprint density at radius 1 is 1.10 bits per heavy atom. The zero-order valence-electron chi connectivity index (χ0n) is 17.5. The van der Waals surface area contributed by atoms with E-state index in [4.69, 9.17) is 5.73 Å². The number of hydrogen-bond acceptors (Lipinski definition) is 3. The molecule has 1 aliphatic carbocycles. The molecule has 0 unspecified atom stereocenters. The summed E-state index contributed by atoms with van der Waals surface area (Å²) < 4.78 is 42.1. The molecule has 1 amide bonds. The van der Waals surface area contributed by atoms with Gasteiger partial charge < -0.3 is 5.73 Å². The summed E-state index contributed by atoms with van der Waals surface area (Å²) in [5.41, 5.74) is 7.59. The molecular formula is C24H22F3N3O. The minimum Gasteiger partial charge on any atom is -0.366 e. The number of benzene rings is 1. The highest BCUT2D eigenvalue weighted by atomic mass is 19.4. The third kappa shape index (κ3) is 3.58. The number of nitrogens with two attached hydrogens (primary N) is 1. The van der Waals surface area contributed by atoms with Gasteiger partial charge in [0.25, 0.3) is 5.91 Å². The number of pyridine rings is 2. The Hall–Kier alpha value is -3.22. The lowest BCUT2D eigenvalue weighted by atomic mass is 9.83. The van der Waals surface area contributed by atoms with Gasteiger partial charge >= 0.3 is 6.18 Å². The number of halogens is 3. The van der Waals surface area contributed by atoms with Crippen LogP contribution in [0.15, 0.2) is 42.7 Å². The smallest absolute Gasteiger partial charge is 0.366 e. The van der Waals surface area contributed by atoms with E-state index in [1.165, 1.54) is 6.20 Å². The predicted octanol–water partition coefficient (Wildman–Crippen LogP) is 5.46. The number of rotatable bonds is 3. The first-order valence-electron chi connectivity index (χ1n) is 9.96. The molecule has 2 N–H and O–H groups in total. The van der Waals surface area contributed by atoms with Crippen molar-refractivity contribution >= 4 is 5.91 Å². The second-order valence-electron chi connectivity index (χ2n) is 8.56. The molecule has 160 valence electrons. The standard InChI is InChI=1S/C24H22F3N3O/c1-13-4-7-18(30-12-13)15-9-11-29-21(20(15)22(28)31)19-14-8-10-23(2,3)16(14)5-6-17(19)24(25,26)27/h4-7,9,11-12H,8,10H2,1-3H3,(H2,28,31). The molecule has 0 aliphatic heterocycles. The minimum absolute atomic E-state index is 0.0470. The fourth-order valence-corrected chi connectivity index (χ4v) is 4.36. The molecule has 0 spiro atoms. The van der Waals surface area contributed by atoms with Crippen LogP contribution in [0.4, 0.5) is 13.2 Å². The van der Waals surface area contributed by atoms with Crippen LogP contribution in [0.5, 0.6) is 0 Å². The Bertz CT molecular complexity index is 1180. The van der Waals surface area contributed by atoms with Crippen molar-refractivity contribution in [1.29, 1.82) is 0 Å². The van der Waals surface area contributed by atoms with E-state index in [-0.39, 0.29) is 22.2 Å². The Balaban J connectivity index is 2.08. The molecule has 4 rings (SSSR count). The molecule has 31 heavy (non-hydrogen) atoms. The Morgan fingerprint density at radius 3 is 2.45 bits per heavy atom. The lowest BCUT2D eigenvalue weighted by molar-refractivity contribution is -0.137. The third-order valence-corrected chi connectivity index (χ3v) is 5.97. The number of aryl methyl sites for hydroxylation is 1. The van der Waals surface area contributed by atoms with E-state index in [2.05, 4.69) is 9.97 Å². The van der Waals surface area contributed by atoms with Gasteiger partial charge in [-0.25, -0.2) is 0 Å². The van der Waals surface area contributed by atoms with Crippen molar-refractivity contribution < 1.29 is 18.0 Å². The highest BCUT2D eigenvalue weighted by Crippen LogP contribution is 2.48. The molecule has 0 radical (unpaired) electrons. The van der Waals surface area contributed by atoms with Crippen molar-refractivity contribution in [3.8, 4) is 22.5 Å². The van der Waals surface area contributed by atoms with Crippen molar-refractivity contribution in [3.05, 3.63) is 70.5 Å². The number of carbonyl (C=O) groups is 1. The molecule has 1 aromatic carbocycles. The zero-order chi connectivity index (χ0) is 22.6. The Labute approximate surface area is 178 Å². The number of alkyl halides is 3. The molecular weight excluding hydrogens is 403 g/mol. The van der Waals surface area contributed by atoms with Gasteiger partial charge in [-0.15, -0.1) is 0 Å². The predicted molar refractivity (Wildman–Crippen MR) is 113 cm³/mol. The third-order valence-electron chi connectivity index (χ3n) is 5.97. The maximum atomic E-state index is 14.0. The van der Waals surface area contributed by atoms with Gasteiger partial charge in [0.2, 0.25) is 0 Å². The maximum Gasteiger partial charge on any atom is 0.417 e. The van der Waals surface area contributed by atoms with E-state index in [1.807, 2.05) is 26.8 Å². The second-order valence-corrected chi connectivity index (χ2v) is 8.56. The van der Waals surface area contributed by atoms with Crippen molar-refractivity contribution in [2.45, 2.75) is 45.2 Å². The lowest BCUT2D eigenvalue weighted by Crippen LogP contribution is -2.18. The monoisotopic (exact) mass is 425 g/mol. The van der Waals surface area contributed by atoms with Crippen LogP contribution in [0.3, 0.4) is 0 Å². The molecule has 0 saturated heterocycles. The van der Waals surface area contributed by atoms with Gasteiger partial charge in [0.15, 0.2) is 0 Å². The normalized spacial score (nSPS) is 15.0. The summed E-state index contributed by atoms with van der Waals surface area (Å²) in [6.45, 7) is 5.88. The van der Waals surface area contributed by atoms with Gasteiger partial charge in [0.05, 0.1) is 22.5 Å². The van der Waals surface area contributed by atoms with Crippen LogP contribution in [0.2, 0.25) is 0 Å². The van der Waals surface area contributed by atoms with Crippen LogP contribution < -0.4 is 5.73 Å². The molecule has 0 atom stereocenters. The Kier molecular flexibility index (Phi) is 4.87. The van der Waals surface area contributed by atoms with Crippen molar-refractivity contribution in [3.63, 3.8) is 0 Å². The first-order chi connectivity index (χ1) is 14.5. The Morgan fingerprint density at radius 2 is 1.84 bits per heavy atom. The lowest BCUT2D eigenvalue weighted by Gasteiger charge is -2.23. The van der Waals surface area contributed by atoms with Gasteiger partial charge in [-0.1, -0.05) is 26.0 Å². The van der Waals surface area contributed by atoms with E-state index >= 15 is 0 Å². The molecule has 4 nitrogen and oxygen atoms in total. The number of amides is 1. The maximum absolute atomic E-state index is 14.0. The fourth-order valence-electron chi connectivity index (χ4n) is 4.36. The van der Waals surface area contributed by atoms with Gasteiger partial charge in [-0.3, -0.25) is 14.8 Å². The summed E-state index contributed by atoms with van der Waals surface area (Å²) in [6, 6.07) is 7.72. The molecule has 2 aromatic heterocycles. The summed E-state index contributed by atoms with van der Waals surface area (Å²) in [5.74, 6) is -0.844. The molecule has 1 aliphatic rings. The molecule has 3 aromatic rings. The van der Waals surface area contributed by atoms with Gasteiger partial charge in [-0.2, -0.15) is 13.2 Å². The number of aromatic nitrogens is 2. The summed E-state index contributed by atoms with van der Waals surface area (Å²) >= 11 is 0. The number of hydrogen-bond donors (Lipinski definition) is 1. The number of carbonyl (C=O) groups excluding carboxylic acids is 1. The SMILES string of the molecule is Cc1ccc(-c2ccnc(-c3c(C(F)(F)F)ccc4c3CCC4(C)C)c2C(N)=O)nc1. The van der Waals surface area contributed by atoms with E-state index in [0.29, 0.717) is 29.7 Å². The molecule has 0 bridgehead atoms. The van der Waals surface area contributed by atoms with Crippen LogP contribution >= 0.6 is 0 Å². The largest absolute Gasteiger partial charge is 0.417 e. The number of fused-ring (bicyclic) bond motifs is 1. The van der Waals surface area contributed by atoms with Crippen LogP contribution in [-0.4, -0.2) is 15.9 Å². The topological polar surface area (TPSA) is 68.9 Å². The summed E-state index contributed by atoms with van der Waals surface area (Å²) in [4.78, 5) is 21.1. The second kappa shape index (κ2) is 7.18. The zero-order valence-corrected chi connectivity index (χ0v) is 17.5. The minimum atomic E-state index is -4.61. The van der Waals surface area contributed by atoms with Gasteiger partial charge in [0.1, 0.15) is 0 Å². The highest BCUT2D eigenvalue weighted by molar-refractivity contribution is 6.05. The molecule has 0 fully saturated rings. The van der Waals surface area contributed by atoms with Crippen LogP contribution in [0.1, 0.15) is 52.9 Å². The van der Waals surface area contributed by atoms with Crippen LogP contribution in [-0.2, 0) is 18.0 Å². The average Bonchev–Trinajstić information content (AvgIpc) is 3.01. The van der Waals surface area contributed by atoms with Crippen molar-refractivity contribution in [2.75, 3.05) is 0 Å². The number of nitrogens with zero attached hydrogens (tertiary/aromatic N) is 2. The van der Waals surface area contributed by atoms with Gasteiger partial charge in [-0.05, 0) is 60.1 Å². The summed E-state index contributed by atoms with van der Waals surface area (Å²) in [5, 5.41) is 0. The molecule has 2 heterocycles. The van der Waals surface area contributed by atoms with Crippen LogP contribution in [0.25, 0.3) is 22.5 Å². The molecule has 7 heteroatoms. The van der Waals surface area contributed by atoms with Crippen molar-refractivity contribution in [2.24, 2.45) is 5.73 Å². The van der Waals surface area contributed by atoms with E-state index in [0.717, 1.165) is 17.2 Å². The highest BCUT2D eigenvalue weighted by Gasteiger charge is 2.40. The summed E-state index contributed by atoms with van der Waals surface area (Å²) in [7, 11) is 0. The van der Waals surface area contributed by atoms with Crippen molar-refractivity contribution in [1.82, 2.24) is 9.97 Å². The quantitative estimate of drug-likeness (QED) is 0.606. The molecule has 0 saturated carbocycles. The van der Waals surface area contributed by atoms with E-state index < -0.39 is 17.6 Å².